The van der Waals surface area contributed by atoms with Crippen LogP contribution in [0.5, 0.6) is 0 Å². The van der Waals surface area contributed by atoms with Crippen molar-refractivity contribution in [2.24, 2.45) is 4.99 Å². The fourth-order valence-electron chi connectivity index (χ4n) is 3.73. The van der Waals surface area contributed by atoms with E-state index >= 15 is 0 Å². The Hall–Kier alpha value is -1.42. The zero-order valence-corrected chi connectivity index (χ0v) is 20.4. The Morgan fingerprint density at radius 2 is 2.10 bits per heavy atom. The monoisotopic (exact) mass is 529 g/mol. The summed E-state index contributed by atoms with van der Waals surface area (Å²) in [6, 6.07) is 10.7. The molecule has 3 unspecified atom stereocenters. The van der Waals surface area contributed by atoms with Gasteiger partial charge in [0.2, 0.25) is 0 Å². The zero-order valence-electron chi connectivity index (χ0n) is 17.2. The van der Waals surface area contributed by atoms with Crippen molar-refractivity contribution in [3.8, 4) is 0 Å². The van der Waals surface area contributed by atoms with E-state index in [1.165, 1.54) is 5.56 Å². The maximum atomic E-state index is 12.2. The third-order valence-electron chi connectivity index (χ3n) is 5.26. The Kier molecular flexibility index (Phi) is 10.1. The number of hydrogen-bond donors (Lipinski definition) is 2. The molecule has 160 valence electrons. The molecule has 1 saturated carbocycles. The number of benzene rings is 1. The largest absolute Gasteiger partial charge is 0.354 e. The van der Waals surface area contributed by atoms with Crippen molar-refractivity contribution in [3.63, 3.8) is 0 Å². The number of imidazole rings is 1. The van der Waals surface area contributed by atoms with Crippen molar-refractivity contribution < 1.29 is 4.21 Å². The second kappa shape index (κ2) is 12.3. The molecule has 0 saturated heterocycles. The van der Waals surface area contributed by atoms with Crippen molar-refractivity contribution in [1.29, 1.82) is 0 Å². The molecule has 2 N–H and O–H groups in total. The summed E-state index contributed by atoms with van der Waals surface area (Å²) in [5.74, 6) is 2.50. The van der Waals surface area contributed by atoms with E-state index in [0.717, 1.165) is 49.8 Å². The second-order valence-electron chi connectivity index (χ2n) is 7.18. The van der Waals surface area contributed by atoms with Gasteiger partial charge in [-0.2, -0.15) is 0 Å². The summed E-state index contributed by atoms with van der Waals surface area (Å²) in [6.45, 7) is 3.42. The number of rotatable bonds is 7. The first-order chi connectivity index (χ1) is 13.7. The Labute approximate surface area is 193 Å². The van der Waals surface area contributed by atoms with Crippen LogP contribution < -0.4 is 10.6 Å². The predicted molar refractivity (Wildman–Crippen MR) is 131 cm³/mol. The van der Waals surface area contributed by atoms with Crippen LogP contribution in [-0.2, 0) is 23.9 Å². The first kappa shape index (κ1) is 23.9. The molecule has 1 aliphatic carbocycles. The van der Waals surface area contributed by atoms with E-state index in [1.54, 1.807) is 7.05 Å². The normalized spacial score (nSPS) is 20.6. The molecule has 3 rings (SSSR count). The summed E-state index contributed by atoms with van der Waals surface area (Å²) < 4.78 is 14.3. The number of guanidine groups is 1. The molecule has 8 heteroatoms. The minimum atomic E-state index is -0.715. The van der Waals surface area contributed by atoms with Crippen molar-refractivity contribution in [3.05, 3.63) is 54.1 Å². The minimum absolute atomic E-state index is 0. The van der Waals surface area contributed by atoms with E-state index in [2.05, 4.69) is 49.4 Å². The second-order valence-corrected chi connectivity index (χ2v) is 9.19. The van der Waals surface area contributed by atoms with Crippen molar-refractivity contribution >= 4 is 40.7 Å². The number of hydrogen-bond acceptors (Lipinski definition) is 3. The molecule has 2 aromatic rings. The van der Waals surface area contributed by atoms with Gasteiger partial charge in [0, 0.05) is 53.8 Å². The van der Waals surface area contributed by atoms with Gasteiger partial charge in [-0.25, -0.2) is 4.98 Å². The quantitative estimate of drug-likeness (QED) is 0.328. The molecule has 0 spiro atoms. The Balaban J connectivity index is 0.00000300. The highest BCUT2D eigenvalue weighted by molar-refractivity contribution is 14.0. The van der Waals surface area contributed by atoms with Gasteiger partial charge in [-0.1, -0.05) is 43.7 Å². The van der Waals surface area contributed by atoms with Gasteiger partial charge in [-0.05, 0) is 24.8 Å². The lowest BCUT2D eigenvalue weighted by Crippen LogP contribution is -2.46. The van der Waals surface area contributed by atoms with Gasteiger partial charge in [0.15, 0.2) is 5.96 Å². The van der Waals surface area contributed by atoms with Gasteiger partial charge in [-0.15, -0.1) is 24.0 Å². The lowest BCUT2D eigenvalue weighted by Gasteiger charge is -2.30. The van der Waals surface area contributed by atoms with Gasteiger partial charge >= 0.3 is 0 Å². The molecule has 3 atom stereocenters. The fraction of sp³-hybridized carbons (Fsp3) is 0.524. The van der Waals surface area contributed by atoms with E-state index in [9.17, 15) is 4.21 Å². The Bertz CT molecular complexity index is 795. The predicted octanol–water partition coefficient (Wildman–Crippen LogP) is 3.29. The highest BCUT2D eigenvalue weighted by Gasteiger charge is 2.26. The molecular weight excluding hydrogens is 497 g/mol. The molecule has 0 amide bonds. The van der Waals surface area contributed by atoms with E-state index < -0.39 is 10.8 Å². The van der Waals surface area contributed by atoms with E-state index in [1.807, 2.05) is 25.4 Å². The standard InChI is InChI=1S/C21H31N5OS.HI/c1-3-28(27)19-11-7-10-18(14-19)25-21(22-2)24-15-20-23-12-13-26(20)16-17-8-5-4-6-9-17;/h4-6,8-9,12-13,18-19H,3,7,10-11,14-16H2,1-2H3,(H2,22,24,25);1H. The summed E-state index contributed by atoms with van der Waals surface area (Å²) in [6.07, 6.45) is 8.08. The van der Waals surface area contributed by atoms with Crippen molar-refractivity contribution in [1.82, 2.24) is 20.2 Å². The van der Waals surface area contributed by atoms with Crippen LogP contribution in [-0.4, -0.2) is 43.8 Å². The molecule has 1 fully saturated rings. The summed E-state index contributed by atoms with van der Waals surface area (Å²) >= 11 is 0. The third-order valence-corrected chi connectivity index (χ3v) is 7.00. The number of nitrogens with zero attached hydrogens (tertiary/aromatic N) is 3. The average molecular weight is 529 g/mol. The number of halogens is 1. The SMILES string of the molecule is CCS(=O)C1CCCC(NC(=NC)NCc2nccn2Cc2ccccc2)C1.I. The number of aromatic nitrogens is 2. The van der Waals surface area contributed by atoms with Crippen LogP contribution in [0, 0.1) is 0 Å². The van der Waals surface area contributed by atoms with Crippen LogP contribution in [0.25, 0.3) is 0 Å². The van der Waals surface area contributed by atoms with E-state index in [-0.39, 0.29) is 24.0 Å². The highest BCUT2D eigenvalue weighted by Crippen LogP contribution is 2.23. The topological polar surface area (TPSA) is 71.3 Å². The van der Waals surface area contributed by atoms with Crippen molar-refractivity contribution in [2.75, 3.05) is 12.8 Å². The van der Waals surface area contributed by atoms with E-state index in [0.29, 0.717) is 17.8 Å². The van der Waals surface area contributed by atoms with Gasteiger partial charge in [0.25, 0.3) is 0 Å². The third kappa shape index (κ3) is 7.09. The molecule has 0 bridgehead atoms. The van der Waals surface area contributed by atoms with Crippen LogP contribution in [0.3, 0.4) is 0 Å². The highest BCUT2D eigenvalue weighted by atomic mass is 127. The molecule has 1 aliphatic rings. The number of nitrogens with one attached hydrogen (secondary N) is 2. The molecule has 6 nitrogen and oxygen atoms in total. The fourth-order valence-corrected chi connectivity index (χ4v) is 5.08. The van der Waals surface area contributed by atoms with Crippen LogP contribution in [0.15, 0.2) is 47.7 Å². The smallest absolute Gasteiger partial charge is 0.191 e. The van der Waals surface area contributed by atoms with Crippen LogP contribution in [0.4, 0.5) is 0 Å². The molecule has 1 aromatic heterocycles. The van der Waals surface area contributed by atoms with Crippen molar-refractivity contribution in [2.45, 2.75) is 57.0 Å². The molecular formula is C21H32IN5OS. The van der Waals surface area contributed by atoms with Gasteiger partial charge in [0.1, 0.15) is 5.82 Å². The maximum Gasteiger partial charge on any atom is 0.191 e. The van der Waals surface area contributed by atoms with Crippen LogP contribution in [0.2, 0.25) is 0 Å². The summed E-state index contributed by atoms with van der Waals surface area (Å²) in [5, 5.41) is 7.20. The molecule has 1 heterocycles. The number of aliphatic imine (C=N–C) groups is 1. The van der Waals surface area contributed by atoms with Gasteiger partial charge in [-0.3, -0.25) is 9.20 Å². The maximum absolute atomic E-state index is 12.2. The lowest BCUT2D eigenvalue weighted by molar-refractivity contribution is 0.413. The molecule has 29 heavy (non-hydrogen) atoms. The molecule has 0 radical (unpaired) electrons. The zero-order chi connectivity index (χ0) is 19.8. The summed E-state index contributed by atoms with van der Waals surface area (Å²) in [7, 11) is 1.07. The summed E-state index contributed by atoms with van der Waals surface area (Å²) in [4.78, 5) is 8.86. The first-order valence-electron chi connectivity index (χ1n) is 10.1. The summed E-state index contributed by atoms with van der Waals surface area (Å²) in [5.41, 5.74) is 1.25. The van der Waals surface area contributed by atoms with Crippen LogP contribution >= 0.6 is 24.0 Å². The van der Waals surface area contributed by atoms with E-state index in [4.69, 9.17) is 0 Å². The average Bonchev–Trinajstić information content (AvgIpc) is 3.18. The molecule has 0 aliphatic heterocycles. The Morgan fingerprint density at radius 3 is 2.83 bits per heavy atom. The van der Waals surface area contributed by atoms with Gasteiger partial charge < -0.3 is 15.2 Å². The van der Waals surface area contributed by atoms with Crippen LogP contribution in [0.1, 0.15) is 44.0 Å². The molecule has 1 aromatic carbocycles. The lowest BCUT2D eigenvalue weighted by atomic mass is 9.95. The Morgan fingerprint density at radius 1 is 1.31 bits per heavy atom. The van der Waals surface area contributed by atoms with Gasteiger partial charge in [0.05, 0.1) is 6.54 Å². The minimum Gasteiger partial charge on any atom is -0.354 e. The first-order valence-corrected chi connectivity index (χ1v) is 11.5.